The van der Waals surface area contributed by atoms with Crippen LogP contribution in [0.4, 0.5) is 4.39 Å². The Kier molecular flexibility index (Phi) is 4.39. The Morgan fingerprint density at radius 2 is 1.86 bits per heavy atom. The van der Waals surface area contributed by atoms with Crippen molar-refractivity contribution in [2.24, 2.45) is 11.3 Å². The van der Waals surface area contributed by atoms with E-state index in [2.05, 4.69) is 18.1 Å². The fourth-order valence-electron chi connectivity index (χ4n) is 4.73. The van der Waals surface area contributed by atoms with Gasteiger partial charge in [-0.15, -0.1) is 0 Å². The Hall–Kier alpha value is -2.72. The van der Waals surface area contributed by atoms with Gasteiger partial charge in [-0.1, -0.05) is 42.8 Å². The average molecular weight is 388 g/mol. The lowest BCUT2D eigenvalue weighted by molar-refractivity contribution is 0.119. The Morgan fingerprint density at radius 1 is 1.14 bits per heavy atom. The van der Waals surface area contributed by atoms with Crippen molar-refractivity contribution in [2.75, 3.05) is 0 Å². The van der Waals surface area contributed by atoms with Gasteiger partial charge in [0.1, 0.15) is 5.82 Å². The van der Waals surface area contributed by atoms with Gasteiger partial charge in [-0.05, 0) is 78.5 Å². The number of fused-ring (bicyclic) bond motifs is 1. The number of hydrogen-bond donors (Lipinski definition) is 1. The number of hydrogen-bond acceptors (Lipinski definition) is 2. The number of nitrogens with zero attached hydrogens (tertiary/aromatic N) is 2. The summed E-state index contributed by atoms with van der Waals surface area (Å²) in [4.78, 5) is 0. The molecule has 1 fully saturated rings. The molecule has 148 valence electrons. The zero-order valence-corrected chi connectivity index (χ0v) is 16.6. The minimum absolute atomic E-state index is 0.0971. The van der Waals surface area contributed by atoms with Crippen LogP contribution in [0.5, 0.6) is 0 Å². The number of aromatic nitrogens is 2. The molecule has 2 atom stereocenters. The van der Waals surface area contributed by atoms with Gasteiger partial charge in [0.2, 0.25) is 0 Å². The summed E-state index contributed by atoms with van der Waals surface area (Å²) in [6.07, 6.45) is 7.69. The lowest BCUT2D eigenvalue weighted by Crippen LogP contribution is -2.29. The fourth-order valence-corrected chi connectivity index (χ4v) is 4.73. The van der Waals surface area contributed by atoms with Crippen molar-refractivity contribution < 1.29 is 9.50 Å². The zero-order valence-electron chi connectivity index (χ0n) is 16.6. The van der Waals surface area contributed by atoms with E-state index in [-0.39, 0.29) is 11.2 Å². The standard InChI is InChI=1S/C25H25FN2O/c1-25(15-24(29)18-5-3-2-4-6-18)14-19-16-27-28(21-11-9-20(26)10-12-21)23(19)13-22(25)17-7-8-17/h2-6,9-13,16-17,24,29H,7-8,14-15H2,1H3/t24?,25-/m1/s1. The van der Waals surface area contributed by atoms with Gasteiger partial charge in [0, 0.05) is 0 Å². The highest BCUT2D eigenvalue weighted by atomic mass is 19.1. The summed E-state index contributed by atoms with van der Waals surface area (Å²) in [5, 5.41) is 15.5. The van der Waals surface area contributed by atoms with Crippen LogP contribution in [0.2, 0.25) is 0 Å². The molecule has 0 spiro atoms. The van der Waals surface area contributed by atoms with Crippen molar-refractivity contribution >= 4 is 6.08 Å². The number of rotatable bonds is 5. The first kappa shape index (κ1) is 18.3. The zero-order chi connectivity index (χ0) is 20.0. The van der Waals surface area contributed by atoms with Crippen LogP contribution in [-0.2, 0) is 6.42 Å². The predicted molar refractivity (Wildman–Crippen MR) is 112 cm³/mol. The van der Waals surface area contributed by atoms with Gasteiger partial charge in [-0.2, -0.15) is 5.10 Å². The molecule has 1 N–H and O–H groups in total. The van der Waals surface area contributed by atoms with Crippen molar-refractivity contribution in [1.29, 1.82) is 0 Å². The van der Waals surface area contributed by atoms with Crippen LogP contribution < -0.4 is 0 Å². The molecular formula is C25H25FN2O. The van der Waals surface area contributed by atoms with Gasteiger partial charge >= 0.3 is 0 Å². The van der Waals surface area contributed by atoms with E-state index in [4.69, 9.17) is 0 Å². The highest BCUT2D eigenvalue weighted by Crippen LogP contribution is 2.53. The summed E-state index contributed by atoms with van der Waals surface area (Å²) in [6, 6.07) is 16.4. The van der Waals surface area contributed by atoms with Gasteiger partial charge in [-0.25, -0.2) is 9.07 Å². The molecular weight excluding hydrogens is 363 g/mol. The number of allylic oxidation sites excluding steroid dienone is 1. The highest BCUT2D eigenvalue weighted by Gasteiger charge is 2.43. The number of aliphatic hydroxyl groups is 1. The third kappa shape index (κ3) is 3.42. The Bertz CT molecular complexity index is 1050. The van der Waals surface area contributed by atoms with E-state index in [1.807, 2.05) is 41.2 Å². The molecule has 1 heterocycles. The molecule has 1 saturated carbocycles. The van der Waals surface area contributed by atoms with Crippen LogP contribution in [-0.4, -0.2) is 14.9 Å². The van der Waals surface area contributed by atoms with Crippen molar-refractivity contribution in [2.45, 2.75) is 38.7 Å². The lowest BCUT2D eigenvalue weighted by Gasteiger charge is -2.37. The summed E-state index contributed by atoms with van der Waals surface area (Å²) >= 11 is 0. The van der Waals surface area contributed by atoms with E-state index in [0.717, 1.165) is 23.4 Å². The van der Waals surface area contributed by atoms with Crippen molar-refractivity contribution in [3.05, 3.63) is 89.0 Å². The highest BCUT2D eigenvalue weighted by molar-refractivity contribution is 5.62. The SMILES string of the molecule is C[C@]1(CC(O)c2ccccc2)Cc2cnn(-c3ccc(F)cc3)c2C=C1C1CC1. The third-order valence-electron chi connectivity index (χ3n) is 6.37. The second-order valence-corrected chi connectivity index (χ2v) is 8.69. The van der Waals surface area contributed by atoms with Gasteiger partial charge in [0.05, 0.1) is 23.7 Å². The van der Waals surface area contributed by atoms with Crippen LogP contribution in [0.25, 0.3) is 11.8 Å². The van der Waals surface area contributed by atoms with Gasteiger partial charge < -0.3 is 5.11 Å². The van der Waals surface area contributed by atoms with Crippen molar-refractivity contribution in [3.63, 3.8) is 0 Å². The minimum Gasteiger partial charge on any atom is -0.388 e. The molecule has 29 heavy (non-hydrogen) atoms. The van der Waals surface area contributed by atoms with E-state index in [1.54, 1.807) is 12.1 Å². The largest absolute Gasteiger partial charge is 0.388 e. The summed E-state index contributed by atoms with van der Waals surface area (Å²) in [7, 11) is 0. The van der Waals surface area contributed by atoms with Crippen LogP contribution in [0.3, 0.4) is 0 Å². The molecule has 0 amide bonds. The van der Waals surface area contributed by atoms with E-state index in [9.17, 15) is 9.50 Å². The molecule has 0 saturated heterocycles. The minimum atomic E-state index is -0.489. The first-order chi connectivity index (χ1) is 14.0. The van der Waals surface area contributed by atoms with Crippen LogP contribution >= 0.6 is 0 Å². The van der Waals surface area contributed by atoms with E-state index >= 15 is 0 Å². The van der Waals surface area contributed by atoms with Gasteiger partial charge in [-0.3, -0.25) is 0 Å². The number of benzene rings is 2. The molecule has 0 radical (unpaired) electrons. The number of halogens is 1. The van der Waals surface area contributed by atoms with Gasteiger partial charge in [0.25, 0.3) is 0 Å². The first-order valence-corrected chi connectivity index (χ1v) is 10.3. The third-order valence-corrected chi connectivity index (χ3v) is 6.37. The van der Waals surface area contributed by atoms with E-state index < -0.39 is 6.10 Å². The summed E-state index contributed by atoms with van der Waals surface area (Å²) < 4.78 is 15.2. The summed E-state index contributed by atoms with van der Waals surface area (Å²) in [6.45, 7) is 2.28. The van der Waals surface area contributed by atoms with Gasteiger partial charge in [0.15, 0.2) is 0 Å². The first-order valence-electron chi connectivity index (χ1n) is 10.3. The summed E-state index contributed by atoms with van der Waals surface area (Å²) in [5.74, 6) is 0.346. The Morgan fingerprint density at radius 3 is 2.55 bits per heavy atom. The molecule has 0 bridgehead atoms. The van der Waals surface area contributed by atoms with Crippen LogP contribution in [0.15, 0.2) is 66.4 Å². The van der Waals surface area contributed by atoms with E-state index in [1.165, 1.54) is 36.1 Å². The Labute approximate surface area is 170 Å². The fraction of sp³-hybridized carbons (Fsp3) is 0.320. The molecule has 0 aliphatic heterocycles. The second kappa shape index (κ2) is 6.96. The average Bonchev–Trinajstić information content (AvgIpc) is 3.49. The molecule has 1 aromatic heterocycles. The molecule has 2 aliphatic rings. The maximum absolute atomic E-state index is 13.3. The molecule has 4 heteroatoms. The molecule has 2 aromatic carbocycles. The van der Waals surface area contributed by atoms with Crippen LogP contribution in [0, 0.1) is 17.2 Å². The predicted octanol–water partition coefficient (Wildman–Crippen LogP) is 5.49. The van der Waals surface area contributed by atoms with Crippen LogP contribution in [0.1, 0.15) is 49.1 Å². The summed E-state index contributed by atoms with van der Waals surface area (Å²) in [5.41, 5.74) is 5.43. The molecule has 3 aromatic rings. The van der Waals surface area contributed by atoms with Crippen molar-refractivity contribution in [3.8, 4) is 5.69 Å². The molecule has 3 nitrogen and oxygen atoms in total. The second-order valence-electron chi connectivity index (χ2n) is 8.69. The normalized spacial score (nSPS) is 22.1. The number of aliphatic hydroxyl groups excluding tert-OH is 1. The Balaban J connectivity index is 1.50. The maximum atomic E-state index is 13.3. The molecule has 5 rings (SSSR count). The monoisotopic (exact) mass is 388 g/mol. The molecule has 1 unspecified atom stereocenters. The maximum Gasteiger partial charge on any atom is 0.123 e. The smallest absolute Gasteiger partial charge is 0.123 e. The van der Waals surface area contributed by atoms with Crippen molar-refractivity contribution in [1.82, 2.24) is 9.78 Å². The topological polar surface area (TPSA) is 38.1 Å². The quantitative estimate of drug-likeness (QED) is 0.627. The molecule has 2 aliphatic carbocycles. The lowest BCUT2D eigenvalue weighted by atomic mass is 9.68. The van der Waals surface area contributed by atoms with E-state index in [0.29, 0.717) is 12.3 Å².